The molecule has 1 aliphatic heterocycles. The number of anilines is 1. The van der Waals surface area contributed by atoms with Gasteiger partial charge in [0.2, 0.25) is 0 Å². The lowest BCUT2D eigenvalue weighted by atomic mass is 10.0. The molecule has 0 aromatic heterocycles. The lowest BCUT2D eigenvalue weighted by Crippen LogP contribution is -2.45. The first kappa shape index (κ1) is 20.7. The smallest absolute Gasteiger partial charge is 0.196 e. The fourth-order valence-electron chi connectivity index (χ4n) is 4.71. The molecule has 0 saturated carbocycles. The highest BCUT2D eigenvalue weighted by Crippen LogP contribution is 2.41. The fraction of sp³-hybridized carbons (Fsp3) is 0.222. The zero-order valence-electron chi connectivity index (χ0n) is 18.3. The van der Waals surface area contributed by atoms with Crippen LogP contribution in [0.15, 0.2) is 66.7 Å². The van der Waals surface area contributed by atoms with Crippen LogP contribution in [-0.2, 0) is 0 Å². The maximum atomic E-state index is 13.4. The summed E-state index contributed by atoms with van der Waals surface area (Å²) in [6, 6.07) is 21.8. The number of nitrogens with zero attached hydrogens (tertiary/aromatic N) is 2. The van der Waals surface area contributed by atoms with E-state index < -0.39 is 0 Å². The summed E-state index contributed by atoms with van der Waals surface area (Å²) >= 11 is 6.26. The average molecular weight is 445 g/mol. The zero-order valence-corrected chi connectivity index (χ0v) is 19.0. The number of carbonyl (C=O) groups is 1. The van der Waals surface area contributed by atoms with Crippen molar-refractivity contribution in [3.05, 3.63) is 94.0 Å². The average Bonchev–Trinajstić information content (AvgIpc) is 3.13. The van der Waals surface area contributed by atoms with E-state index >= 15 is 0 Å². The fourth-order valence-corrected chi connectivity index (χ4v) is 4.88. The molecular weight excluding hydrogens is 420 g/mol. The van der Waals surface area contributed by atoms with Crippen molar-refractivity contribution in [3.63, 3.8) is 0 Å². The van der Waals surface area contributed by atoms with Gasteiger partial charge in [-0.15, -0.1) is 0 Å². The number of benzene rings is 3. The van der Waals surface area contributed by atoms with E-state index in [0.29, 0.717) is 0 Å². The van der Waals surface area contributed by atoms with Gasteiger partial charge in [-0.2, -0.15) is 0 Å². The Balaban J connectivity index is 1.50. The molecule has 1 aliphatic carbocycles. The minimum absolute atomic E-state index is 0.0916. The molecule has 162 valence electrons. The Morgan fingerprint density at radius 1 is 0.844 bits per heavy atom. The van der Waals surface area contributed by atoms with Crippen molar-refractivity contribution in [1.29, 1.82) is 0 Å². The van der Waals surface area contributed by atoms with Crippen molar-refractivity contribution in [2.75, 3.05) is 38.2 Å². The number of allylic oxidation sites excluding steroid dienone is 1. The standard InChI is InChI=1S/C27H25ClN2O2/c1-18-7-10-20(28)17-24(18)29-13-15-30(16-14-29)26-22-5-3-4-6-23(22)27(31)25(26)19-8-11-21(32-2)12-9-19/h3-12,17H,13-16H2,1-2H3. The van der Waals surface area contributed by atoms with E-state index in [2.05, 4.69) is 28.9 Å². The van der Waals surface area contributed by atoms with Gasteiger partial charge in [0, 0.05) is 48.0 Å². The van der Waals surface area contributed by atoms with Crippen LogP contribution in [0.4, 0.5) is 5.69 Å². The maximum Gasteiger partial charge on any atom is 0.196 e. The number of piperazine rings is 1. The normalized spacial score (nSPS) is 15.9. The molecule has 3 aromatic rings. The Morgan fingerprint density at radius 3 is 2.19 bits per heavy atom. The first-order valence-corrected chi connectivity index (χ1v) is 11.2. The monoisotopic (exact) mass is 444 g/mol. The highest BCUT2D eigenvalue weighted by Gasteiger charge is 2.34. The van der Waals surface area contributed by atoms with Gasteiger partial charge in [0.15, 0.2) is 5.78 Å². The van der Waals surface area contributed by atoms with E-state index in [0.717, 1.165) is 64.9 Å². The number of carbonyl (C=O) groups excluding carboxylic acids is 1. The lowest BCUT2D eigenvalue weighted by molar-refractivity contribution is 0.105. The van der Waals surface area contributed by atoms with Gasteiger partial charge in [0.25, 0.3) is 0 Å². The molecule has 0 radical (unpaired) electrons. The third-order valence-electron chi connectivity index (χ3n) is 6.38. The van der Waals surface area contributed by atoms with Gasteiger partial charge < -0.3 is 14.5 Å². The van der Waals surface area contributed by atoms with Crippen LogP contribution in [0.2, 0.25) is 5.02 Å². The summed E-state index contributed by atoms with van der Waals surface area (Å²) in [6.45, 7) is 5.53. The number of aryl methyl sites for hydroxylation is 1. The largest absolute Gasteiger partial charge is 0.497 e. The van der Waals surface area contributed by atoms with Gasteiger partial charge in [-0.1, -0.05) is 54.1 Å². The predicted molar refractivity (Wildman–Crippen MR) is 131 cm³/mol. The third kappa shape index (κ3) is 3.55. The molecule has 0 amide bonds. The van der Waals surface area contributed by atoms with Gasteiger partial charge in [-0.25, -0.2) is 0 Å². The van der Waals surface area contributed by atoms with E-state index in [-0.39, 0.29) is 5.78 Å². The molecule has 0 N–H and O–H groups in total. The number of ether oxygens (including phenoxy) is 1. The molecule has 2 aliphatic rings. The molecule has 1 saturated heterocycles. The predicted octanol–water partition coefficient (Wildman–Crippen LogP) is 5.54. The van der Waals surface area contributed by atoms with Crippen molar-refractivity contribution < 1.29 is 9.53 Å². The zero-order chi connectivity index (χ0) is 22.2. The SMILES string of the molecule is COc1ccc(C2=C(N3CCN(c4cc(Cl)ccc4C)CC3)c3ccccc3C2=O)cc1. The van der Waals surface area contributed by atoms with Crippen molar-refractivity contribution >= 4 is 34.3 Å². The van der Waals surface area contributed by atoms with Crippen LogP contribution in [0, 0.1) is 6.92 Å². The number of hydrogen-bond acceptors (Lipinski definition) is 4. The highest BCUT2D eigenvalue weighted by atomic mass is 35.5. The lowest BCUT2D eigenvalue weighted by Gasteiger charge is -2.39. The molecule has 4 nitrogen and oxygen atoms in total. The van der Waals surface area contributed by atoms with Crippen molar-refractivity contribution in [2.24, 2.45) is 0 Å². The quantitative estimate of drug-likeness (QED) is 0.528. The van der Waals surface area contributed by atoms with Crippen LogP contribution in [0.3, 0.4) is 0 Å². The molecule has 1 heterocycles. The minimum atomic E-state index is 0.0916. The van der Waals surface area contributed by atoms with E-state index in [9.17, 15) is 4.79 Å². The molecule has 5 rings (SSSR count). The number of Topliss-reactive ketones (excluding diaryl/α,β-unsaturated/α-hetero) is 1. The first-order chi connectivity index (χ1) is 15.6. The molecule has 3 aromatic carbocycles. The van der Waals surface area contributed by atoms with Crippen LogP contribution >= 0.6 is 11.6 Å². The summed E-state index contributed by atoms with van der Waals surface area (Å²) < 4.78 is 5.31. The molecule has 5 heteroatoms. The number of hydrogen-bond donors (Lipinski definition) is 0. The summed E-state index contributed by atoms with van der Waals surface area (Å²) in [4.78, 5) is 18.2. The second-order valence-electron chi connectivity index (χ2n) is 8.23. The summed E-state index contributed by atoms with van der Waals surface area (Å²) in [5, 5.41) is 0.757. The Bertz CT molecular complexity index is 1210. The molecule has 32 heavy (non-hydrogen) atoms. The number of rotatable bonds is 4. The number of ketones is 1. The van der Waals surface area contributed by atoms with Gasteiger partial charge in [-0.3, -0.25) is 4.79 Å². The number of fused-ring (bicyclic) bond motifs is 1. The maximum absolute atomic E-state index is 13.4. The Morgan fingerprint density at radius 2 is 1.50 bits per heavy atom. The van der Waals surface area contributed by atoms with E-state index in [4.69, 9.17) is 16.3 Å². The molecule has 0 atom stereocenters. The van der Waals surface area contributed by atoms with Crippen molar-refractivity contribution in [1.82, 2.24) is 4.90 Å². The highest BCUT2D eigenvalue weighted by molar-refractivity contribution is 6.39. The van der Waals surface area contributed by atoms with Crippen molar-refractivity contribution in [2.45, 2.75) is 6.92 Å². The van der Waals surface area contributed by atoms with Crippen LogP contribution in [-0.4, -0.2) is 44.0 Å². The van der Waals surface area contributed by atoms with Crippen LogP contribution in [0.5, 0.6) is 5.75 Å². The van der Waals surface area contributed by atoms with E-state index in [1.165, 1.54) is 11.3 Å². The molecular formula is C27H25ClN2O2. The molecule has 0 bridgehead atoms. The second kappa shape index (κ2) is 8.36. The van der Waals surface area contributed by atoms with Gasteiger partial charge in [0.1, 0.15) is 5.75 Å². The Hall–Kier alpha value is -3.24. The number of halogens is 1. The molecule has 1 fully saturated rings. The van der Waals surface area contributed by atoms with Crippen LogP contribution in [0.25, 0.3) is 11.3 Å². The molecule has 0 unspecified atom stereocenters. The summed E-state index contributed by atoms with van der Waals surface area (Å²) in [6.07, 6.45) is 0. The summed E-state index contributed by atoms with van der Waals surface area (Å²) in [7, 11) is 1.65. The van der Waals surface area contributed by atoms with Crippen molar-refractivity contribution in [3.8, 4) is 5.75 Å². The van der Waals surface area contributed by atoms with E-state index in [1.807, 2.05) is 54.6 Å². The minimum Gasteiger partial charge on any atom is -0.497 e. The first-order valence-electron chi connectivity index (χ1n) is 10.9. The van der Waals surface area contributed by atoms with Gasteiger partial charge in [-0.05, 0) is 42.3 Å². The molecule has 0 spiro atoms. The third-order valence-corrected chi connectivity index (χ3v) is 6.61. The van der Waals surface area contributed by atoms with Gasteiger partial charge in [0.05, 0.1) is 18.4 Å². The van der Waals surface area contributed by atoms with Crippen LogP contribution in [0.1, 0.15) is 27.0 Å². The van der Waals surface area contributed by atoms with Crippen LogP contribution < -0.4 is 9.64 Å². The Kier molecular flexibility index (Phi) is 5.40. The summed E-state index contributed by atoms with van der Waals surface area (Å²) in [5.74, 6) is 0.873. The van der Waals surface area contributed by atoms with Gasteiger partial charge >= 0.3 is 0 Å². The second-order valence-corrected chi connectivity index (χ2v) is 8.67. The summed E-state index contributed by atoms with van der Waals surface area (Å²) in [5.41, 5.74) is 6.96. The number of methoxy groups -OCH3 is 1. The Labute approximate surface area is 193 Å². The topological polar surface area (TPSA) is 32.8 Å². The van der Waals surface area contributed by atoms with E-state index in [1.54, 1.807) is 7.11 Å².